The van der Waals surface area contributed by atoms with Gasteiger partial charge in [-0.05, 0) is 23.1 Å². The fourth-order valence-corrected chi connectivity index (χ4v) is 3.71. The smallest absolute Gasteiger partial charge is 0.319 e. The number of nitrogens with one attached hydrogen (secondary N) is 2. The number of urea groups is 1. The first-order chi connectivity index (χ1) is 13.3. The number of amides is 2. The van der Waals surface area contributed by atoms with Crippen molar-refractivity contribution in [3.05, 3.63) is 108 Å². The Bertz CT molecular complexity index is 779. The molecule has 1 aliphatic heterocycles. The number of hydrogen-bond donors (Lipinski definition) is 2. The number of benzene rings is 3. The van der Waals surface area contributed by atoms with Crippen LogP contribution in [-0.2, 0) is 5.54 Å². The van der Waals surface area contributed by atoms with Gasteiger partial charge in [0.2, 0.25) is 0 Å². The molecule has 0 saturated carbocycles. The minimum atomic E-state index is -0.773. The van der Waals surface area contributed by atoms with Gasteiger partial charge in [0, 0.05) is 13.1 Å². The van der Waals surface area contributed by atoms with E-state index in [1.54, 1.807) is 5.01 Å². The van der Waals surface area contributed by atoms with E-state index in [1.807, 2.05) is 54.6 Å². The molecular formula is C23H23N3O. The van der Waals surface area contributed by atoms with E-state index in [1.165, 1.54) is 0 Å². The molecule has 0 aliphatic carbocycles. The summed E-state index contributed by atoms with van der Waals surface area (Å²) in [5.74, 6) is 0. The molecule has 0 radical (unpaired) electrons. The van der Waals surface area contributed by atoms with E-state index in [4.69, 9.17) is 0 Å². The fourth-order valence-electron chi connectivity index (χ4n) is 3.71. The lowest BCUT2D eigenvalue weighted by Crippen LogP contribution is -2.54. The largest absolute Gasteiger partial charge is 0.332 e. The van der Waals surface area contributed by atoms with Gasteiger partial charge in [0.25, 0.3) is 0 Å². The molecule has 0 bridgehead atoms. The second-order valence-electron chi connectivity index (χ2n) is 6.69. The summed E-state index contributed by atoms with van der Waals surface area (Å²) in [5, 5.41) is 5.02. The maximum Gasteiger partial charge on any atom is 0.332 e. The third kappa shape index (κ3) is 3.32. The van der Waals surface area contributed by atoms with Gasteiger partial charge in [-0.3, -0.25) is 5.01 Å². The summed E-state index contributed by atoms with van der Waals surface area (Å²) in [6, 6.07) is 30.3. The summed E-state index contributed by atoms with van der Waals surface area (Å²) in [7, 11) is 0. The SMILES string of the molecule is O=C(NC(c1ccccc1)(c1ccccc1)c1ccccc1)N1CCCN1. The Labute approximate surface area is 159 Å². The van der Waals surface area contributed by atoms with Gasteiger partial charge in [0.15, 0.2) is 0 Å². The Morgan fingerprint density at radius 1 is 0.778 bits per heavy atom. The number of hydrogen-bond acceptors (Lipinski definition) is 2. The Hall–Kier alpha value is -3.11. The third-order valence-corrected chi connectivity index (χ3v) is 5.02. The number of carbonyl (C=O) groups is 1. The van der Waals surface area contributed by atoms with Crippen molar-refractivity contribution >= 4 is 6.03 Å². The summed E-state index contributed by atoms with van der Waals surface area (Å²) < 4.78 is 0. The summed E-state index contributed by atoms with van der Waals surface area (Å²) in [6.45, 7) is 1.53. The van der Waals surface area contributed by atoms with Gasteiger partial charge in [-0.2, -0.15) is 0 Å². The summed E-state index contributed by atoms with van der Waals surface area (Å²) in [5.41, 5.74) is 5.45. The average Bonchev–Trinajstić information content (AvgIpc) is 3.29. The molecule has 3 aromatic carbocycles. The molecule has 1 heterocycles. The van der Waals surface area contributed by atoms with E-state index in [-0.39, 0.29) is 6.03 Å². The van der Waals surface area contributed by atoms with E-state index < -0.39 is 5.54 Å². The number of rotatable bonds is 4. The molecule has 3 aromatic rings. The van der Waals surface area contributed by atoms with Gasteiger partial charge in [-0.25, -0.2) is 10.2 Å². The van der Waals surface area contributed by atoms with Crippen LogP contribution in [0.3, 0.4) is 0 Å². The highest BCUT2D eigenvalue weighted by molar-refractivity contribution is 5.77. The first kappa shape index (κ1) is 17.3. The molecule has 2 N–H and O–H groups in total. The number of carbonyl (C=O) groups excluding carboxylic acids is 1. The van der Waals surface area contributed by atoms with Gasteiger partial charge >= 0.3 is 6.03 Å². The molecular weight excluding hydrogens is 334 g/mol. The lowest BCUT2D eigenvalue weighted by molar-refractivity contribution is 0.184. The summed E-state index contributed by atoms with van der Waals surface area (Å²) in [6.07, 6.45) is 0.961. The first-order valence-corrected chi connectivity index (χ1v) is 9.30. The van der Waals surface area contributed by atoms with Gasteiger partial charge in [0.1, 0.15) is 5.54 Å². The number of nitrogens with zero attached hydrogens (tertiary/aromatic N) is 1. The summed E-state index contributed by atoms with van der Waals surface area (Å²) >= 11 is 0. The topological polar surface area (TPSA) is 44.4 Å². The fraction of sp³-hybridized carbons (Fsp3) is 0.174. The predicted octanol–water partition coefficient (Wildman–Crippen LogP) is 3.90. The first-order valence-electron chi connectivity index (χ1n) is 9.30. The minimum absolute atomic E-state index is 0.121. The lowest BCUT2D eigenvalue weighted by atomic mass is 9.77. The molecule has 0 spiro atoms. The van der Waals surface area contributed by atoms with Crippen molar-refractivity contribution in [2.75, 3.05) is 13.1 Å². The van der Waals surface area contributed by atoms with E-state index in [2.05, 4.69) is 47.1 Å². The molecule has 27 heavy (non-hydrogen) atoms. The van der Waals surface area contributed by atoms with Crippen LogP contribution in [0.2, 0.25) is 0 Å². The lowest BCUT2D eigenvalue weighted by Gasteiger charge is -2.38. The molecule has 1 fully saturated rings. The normalized spacial score (nSPS) is 14.1. The standard InChI is InChI=1S/C23H23N3O/c27-22(26-18-10-17-24-26)25-23(19-11-4-1-5-12-19,20-13-6-2-7-14-20)21-15-8-3-9-16-21/h1-9,11-16,24H,10,17-18H2,(H,25,27). The Morgan fingerprint density at radius 2 is 1.22 bits per heavy atom. The summed E-state index contributed by atoms with van der Waals surface area (Å²) in [4.78, 5) is 13.1. The van der Waals surface area contributed by atoms with Crippen LogP contribution in [-0.4, -0.2) is 24.1 Å². The van der Waals surface area contributed by atoms with Crippen molar-refractivity contribution in [1.29, 1.82) is 0 Å². The van der Waals surface area contributed by atoms with E-state index >= 15 is 0 Å². The second kappa shape index (κ2) is 7.64. The molecule has 1 aliphatic rings. The van der Waals surface area contributed by atoms with Crippen molar-refractivity contribution in [3.8, 4) is 0 Å². The Balaban J connectivity index is 1.90. The molecule has 4 heteroatoms. The Kier molecular flexibility index (Phi) is 4.90. The predicted molar refractivity (Wildman–Crippen MR) is 107 cm³/mol. The highest BCUT2D eigenvalue weighted by Crippen LogP contribution is 2.36. The quantitative estimate of drug-likeness (QED) is 0.696. The zero-order valence-corrected chi connectivity index (χ0v) is 15.1. The molecule has 4 rings (SSSR count). The van der Waals surface area contributed by atoms with Gasteiger partial charge in [-0.1, -0.05) is 91.0 Å². The van der Waals surface area contributed by atoms with Crippen LogP contribution >= 0.6 is 0 Å². The molecule has 0 unspecified atom stereocenters. The molecule has 136 valence electrons. The van der Waals surface area contributed by atoms with Crippen molar-refractivity contribution in [2.24, 2.45) is 0 Å². The van der Waals surface area contributed by atoms with Gasteiger partial charge in [-0.15, -0.1) is 0 Å². The van der Waals surface area contributed by atoms with Crippen LogP contribution in [0.15, 0.2) is 91.0 Å². The van der Waals surface area contributed by atoms with E-state index in [0.29, 0.717) is 6.54 Å². The maximum absolute atomic E-state index is 13.1. The molecule has 1 saturated heterocycles. The van der Waals surface area contributed by atoms with Crippen LogP contribution in [0.25, 0.3) is 0 Å². The Morgan fingerprint density at radius 3 is 1.59 bits per heavy atom. The second-order valence-corrected chi connectivity index (χ2v) is 6.69. The van der Waals surface area contributed by atoms with E-state index in [0.717, 1.165) is 29.7 Å². The van der Waals surface area contributed by atoms with Crippen molar-refractivity contribution in [2.45, 2.75) is 12.0 Å². The number of hydrazine groups is 1. The van der Waals surface area contributed by atoms with Crippen LogP contribution in [0, 0.1) is 0 Å². The van der Waals surface area contributed by atoms with Crippen molar-refractivity contribution in [1.82, 2.24) is 15.8 Å². The van der Waals surface area contributed by atoms with Crippen molar-refractivity contribution in [3.63, 3.8) is 0 Å². The zero-order valence-electron chi connectivity index (χ0n) is 15.1. The monoisotopic (exact) mass is 357 g/mol. The van der Waals surface area contributed by atoms with Crippen LogP contribution < -0.4 is 10.7 Å². The molecule has 2 amide bonds. The third-order valence-electron chi connectivity index (χ3n) is 5.02. The zero-order chi connectivity index (χ0) is 18.5. The van der Waals surface area contributed by atoms with Gasteiger partial charge < -0.3 is 5.32 Å². The molecule has 4 nitrogen and oxygen atoms in total. The maximum atomic E-state index is 13.1. The van der Waals surface area contributed by atoms with Crippen LogP contribution in [0.5, 0.6) is 0 Å². The molecule has 0 aromatic heterocycles. The highest BCUT2D eigenvalue weighted by Gasteiger charge is 2.39. The molecule has 0 atom stereocenters. The van der Waals surface area contributed by atoms with Crippen LogP contribution in [0.4, 0.5) is 4.79 Å². The highest BCUT2D eigenvalue weighted by atomic mass is 16.2. The average molecular weight is 357 g/mol. The van der Waals surface area contributed by atoms with Crippen molar-refractivity contribution < 1.29 is 4.79 Å². The van der Waals surface area contributed by atoms with Crippen LogP contribution in [0.1, 0.15) is 23.1 Å². The van der Waals surface area contributed by atoms with Gasteiger partial charge in [0.05, 0.1) is 0 Å². The van der Waals surface area contributed by atoms with E-state index in [9.17, 15) is 4.79 Å². The minimum Gasteiger partial charge on any atom is -0.319 e.